The molecule has 4 nitrogen and oxygen atoms in total. The monoisotopic (exact) mass is 414 g/mol. The molecule has 0 amide bonds. The zero-order valence-corrected chi connectivity index (χ0v) is 19.2. The van der Waals surface area contributed by atoms with E-state index < -0.39 is 14.1 Å². The SMILES string of the molecule is CC1(C)O[C@H](CO)[C@@H](CCO[Si](c2ccccc2)(c2ccccc2)C(C)(C)C)O1. The lowest BCUT2D eigenvalue weighted by Gasteiger charge is -2.43. The van der Waals surface area contributed by atoms with Crippen LogP contribution in [-0.4, -0.2) is 44.6 Å². The minimum atomic E-state index is -2.55. The Morgan fingerprint density at radius 3 is 1.83 bits per heavy atom. The van der Waals surface area contributed by atoms with Crippen LogP contribution in [0.4, 0.5) is 0 Å². The average Bonchev–Trinajstić information content (AvgIpc) is 2.99. The standard InChI is InChI=1S/C24H34O4Si/c1-23(2,3)29(19-12-8-6-9-13-19,20-14-10-7-11-15-20)26-17-16-21-22(18-25)28-24(4,5)27-21/h6-15,21-22,25H,16-18H2,1-5H3/t21-,22-/m1/s1. The molecule has 29 heavy (non-hydrogen) atoms. The topological polar surface area (TPSA) is 47.9 Å². The third-order valence-corrected chi connectivity index (χ3v) is 10.6. The van der Waals surface area contributed by atoms with Gasteiger partial charge in [-0.25, -0.2) is 0 Å². The first kappa shape index (κ1) is 22.2. The summed E-state index contributed by atoms with van der Waals surface area (Å²) in [7, 11) is -2.55. The fraction of sp³-hybridized carbons (Fsp3) is 0.500. The van der Waals surface area contributed by atoms with Gasteiger partial charge in [0.25, 0.3) is 8.32 Å². The van der Waals surface area contributed by atoms with E-state index in [1.165, 1.54) is 10.4 Å². The summed E-state index contributed by atoms with van der Waals surface area (Å²) in [5.74, 6) is -0.671. The lowest BCUT2D eigenvalue weighted by atomic mass is 10.1. The molecule has 0 aromatic heterocycles. The molecule has 1 saturated heterocycles. The fourth-order valence-corrected chi connectivity index (χ4v) is 8.98. The van der Waals surface area contributed by atoms with Gasteiger partial charge < -0.3 is 19.0 Å². The van der Waals surface area contributed by atoms with Gasteiger partial charge in [0.15, 0.2) is 5.79 Å². The Bertz CT molecular complexity index is 731. The maximum absolute atomic E-state index is 9.68. The fourth-order valence-electron chi connectivity index (χ4n) is 4.40. The van der Waals surface area contributed by atoms with E-state index in [1.807, 2.05) is 26.0 Å². The first-order chi connectivity index (χ1) is 13.7. The number of rotatable bonds is 7. The molecule has 0 unspecified atom stereocenters. The Morgan fingerprint density at radius 1 is 0.897 bits per heavy atom. The van der Waals surface area contributed by atoms with Crippen LogP contribution >= 0.6 is 0 Å². The van der Waals surface area contributed by atoms with Crippen LogP contribution in [0.1, 0.15) is 41.0 Å². The van der Waals surface area contributed by atoms with Crippen molar-refractivity contribution < 1.29 is 19.0 Å². The third-order valence-electron chi connectivity index (χ3n) is 5.60. The highest BCUT2D eigenvalue weighted by Gasteiger charge is 2.50. The van der Waals surface area contributed by atoms with E-state index in [1.54, 1.807) is 0 Å². The maximum Gasteiger partial charge on any atom is 0.261 e. The number of benzene rings is 2. The molecule has 0 spiro atoms. The van der Waals surface area contributed by atoms with Crippen molar-refractivity contribution in [2.75, 3.05) is 13.2 Å². The second-order valence-corrected chi connectivity index (χ2v) is 13.5. The first-order valence-corrected chi connectivity index (χ1v) is 12.3. The Morgan fingerprint density at radius 2 is 1.38 bits per heavy atom. The summed E-state index contributed by atoms with van der Waals surface area (Å²) in [6, 6.07) is 21.2. The molecule has 0 bridgehead atoms. The van der Waals surface area contributed by atoms with Crippen molar-refractivity contribution in [1.29, 1.82) is 0 Å². The molecule has 1 fully saturated rings. The number of hydrogen-bond donors (Lipinski definition) is 1. The molecule has 0 radical (unpaired) electrons. The van der Waals surface area contributed by atoms with Gasteiger partial charge in [0.05, 0.1) is 12.7 Å². The van der Waals surface area contributed by atoms with Gasteiger partial charge in [-0.15, -0.1) is 0 Å². The van der Waals surface area contributed by atoms with Crippen LogP contribution in [0.5, 0.6) is 0 Å². The molecule has 158 valence electrons. The quantitative estimate of drug-likeness (QED) is 0.705. The van der Waals surface area contributed by atoms with Gasteiger partial charge in [-0.1, -0.05) is 81.4 Å². The Balaban J connectivity index is 1.90. The number of ether oxygens (including phenoxy) is 2. The first-order valence-electron chi connectivity index (χ1n) is 10.4. The van der Waals surface area contributed by atoms with Crippen LogP contribution in [0.2, 0.25) is 5.04 Å². The summed E-state index contributed by atoms with van der Waals surface area (Å²) in [5, 5.41) is 12.1. The van der Waals surface area contributed by atoms with E-state index in [2.05, 4.69) is 69.3 Å². The van der Waals surface area contributed by atoms with Gasteiger partial charge in [0, 0.05) is 6.61 Å². The van der Waals surface area contributed by atoms with E-state index in [0.29, 0.717) is 13.0 Å². The highest BCUT2D eigenvalue weighted by atomic mass is 28.4. The van der Waals surface area contributed by atoms with Gasteiger partial charge in [-0.3, -0.25) is 0 Å². The molecule has 2 aromatic rings. The summed E-state index contributed by atoms with van der Waals surface area (Å²) in [6.07, 6.45) is 0.195. The van der Waals surface area contributed by atoms with Crippen molar-refractivity contribution in [3.63, 3.8) is 0 Å². The highest BCUT2D eigenvalue weighted by molar-refractivity contribution is 6.99. The summed E-state index contributed by atoms with van der Waals surface area (Å²) in [4.78, 5) is 0. The number of aliphatic hydroxyl groups is 1. The molecule has 1 N–H and O–H groups in total. The Hall–Kier alpha value is -1.50. The zero-order valence-electron chi connectivity index (χ0n) is 18.2. The van der Waals surface area contributed by atoms with Crippen molar-refractivity contribution >= 4 is 18.7 Å². The second-order valence-electron chi connectivity index (χ2n) is 9.20. The van der Waals surface area contributed by atoms with Gasteiger partial charge in [0.2, 0.25) is 0 Å². The van der Waals surface area contributed by atoms with Crippen molar-refractivity contribution in [3.05, 3.63) is 60.7 Å². The van der Waals surface area contributed by atoms with Gasteiger partial charge in [0.1, 0.15) is 6.10 Å². The van der Waals surface area contributed by atoms with E-state index in [9.17, 15) is 5.11 Å². The molecule has 0 aliphatic carbocycles. The Labute approximate surface area is 176 Å². The predicted molar refractivity (Wildman–Crippen MR) is 119 cm³/mol. The van der Waals surface area contributed by atoms with Crippen molar-refractivity contribution in [2.45, 2.75) is 64.1 Å². The molecule has 5 heteroatoms. The second kappa shape index (κ2) is 8.70. The summed E-state index contributed by atoms with van der Waals surface area (Å²) in [5.41, 5.74) is 0. The number of aliphatic hydroxyl groups excluding tert-OH is 1. The van der Waals surface area contributed by atoms with Gasteiger partial charge in [-0.2, -0.15) is 0 Å². The summed E-state index contributed by atoms with van der Waals surface area (Å²) in [6.45, 7) is 11.1. The van der Waals surface area contributed by atoms with Crippen molar-refractivity contribution in [2.24, 2.45) is 0 Å². The molecule has 3 rings (SSSR count). The molecule has 1 aliphatic rings. The molecule has 1 aliphatic heterocycles. The van der Waals surface area contributed by atoms with Gasteiger partial charge in [-0.05, 0) is 35.7 Å². The molecule has 1 heterocycles. The van der Waals surface area contributed by atoms with Crippen LogP contribution in [0.15, 0.2) is 60.7 Å². The van der Waals surface area contributed by atoms with Crippen molar-refractivity contribution in [3.8, 4) is 0 Å². The van der Waals surface area contributed by atoms with Crippen LogP contribution < -0.4 is 10.4 Å². The smallest absolute Gasteiger partial charge is 0.261 e. The van der Waals surface area contributed by atoms with Crippen molar-refractivity contribution in [1.82, 2.24) is 0 Å². The average molecular weight is 415 g/mol. The highest BCUT2D eigenvalue weighted by Crippen LogP contribution is 2.37. The lowest BCUT2D eigenvalue weighted by molar-refractivity contribution is -0.149. The third kappa shape index (κ3) is 4.65. The van der Waals surface area contributed by atoms with E-state index in [0.717, 1.165) is 0 Å². The Kier molecular flexibility index (Phi) is 6.66. The van der Waals surface area contributed by atoms with Crippen LogP contribution in [0.3, 0.4) is 0 Å². The van der Waals surface area contributed by atoms with E-state index in [-0.39, 0.29) is 23.9 Å². The lowest BCUT2D eigenvalue weighted by Crippen LogP contribution is -2.66. The minimum absolute atomic E-state index is 0.0483. The normalized spacial score (nSPS) is 22.0. The molecular weight excluding hydrogens is 380 g/mol. The summed E-state index contributed by atoms with van der Waals surface area (Å²) >= 11 is 0. The summed E-state index contributed by atoms with van der Waals surface area (Å²) < 4.78 is 18.7. The molecule has 2 atom stereocenters. The predicted octanol–water partition coefficient (Wildman–Crippen LogP) is 3.47. The molecule has 0 saturated carbocycles. The van der Waals surface area contributed by atoms with Crippen LogP contribution in [0, 0.1) is 0 Å². The molecule has 2 aromatic carbocycles. The molecular formula is C24H34O4Si. The van der Waals surface area contributed by atoms with E-state index >= 15 is 0 Å². The maximum atomic E-state index is 9.68. The van der Waals surface area contributed by atoms with Gasteiger partial charge >= 0.3 is 0 Å². The van der Waals surface area contributed by atoms with Crippen LogP contribution in [-0.2, 0) is 13.9 Å². The minimum Gasteiger partial charge on any atom is -0.407 e. The largest absolute Gasteiger partial charge is 0.407 e. The van der Waals surface area contributed by atoms with E-state index in [4.69, 9.17) is 13.9 Å². The number of hydrogen-bond acceptors (Lipinski definition) is 4. The van der Waals surface area contributed by atoms with Crippen LogP contribution in [0.25, 0.3) is 0 Å². The zero-order chi connectivity index (χ0) is 21.1.